The predicted octanol–water partition coefficient (Wildman–Crippen LogP) is 4.67. The largest absolute Gasteiger partial charge is 0.440 e. The van der Waals surface area contributed by atoms with Crippen molar-refractivity contribution in [3.63, 3.8) is 0 Å². The highest BCUT2D eigenvalue weighted by Gasteiger charge is 2.28. The van der Waals surface area contributed by atoms with Gasteiger partial charge in [0.05, 0.1) is 8.66 Å². The Kier molecular flexibility index (Phi) is 3.95. The molecule has 118 valence electrons. The number of fused-ring (bicyclic) bond motifs is 1. The number of aromatic nitrogens is 1. The van der Waals surface area contributed by atoms with E-state index in [1.807, 2.05) is 41.3 Å². The summed E-state index contributed by atoms with van der Waals surface area (Å²) in [5.74, 6) is 1.22. The lowest BCUT2D eigenvalue weighted by atomic mass is 9.96. The van der Waals surface area contributed by atoms with Crippen LogP contribution in [0, 0.1) is 0 Å². The number of hydrogen-bond acceptors (Lipinski definition) is 4. The van der Waals surface area contributed by atoms with Gasteiger partial charge < -0.3 is 9.32 Å². The summed E-state index contributed by atoms with van der Waals surface area (Å²) in [6.07, 6.45) is 1.79. The van der Waals surface area contributed by atoms with Crippen LogP contribution in [0.3, 0.4) is 0 Å². The lowest BCUT2D eigenvalue weighted by Gasteiger charge is -2.30. The maximum atomic E-state index is 12.5. The summed E-state index contributed by atoms with van der Waals surface area (Å²) < 4.78 is 6.86. The van der Waals surface area contributed by atoms with Crippen LogP contribution in [-0.4, -0.2) is 28.9 Å². The van der Waals surface area contributed by atoms with Gasteiger partial charge in [-0.25, -0.2) is 4.98 Å². The average molecular weight is 391 g/mol. The first kappa shape index (κ1) is 14.9. The van der Waals surface area contributed by atoms with Crippen LogP contribution in [0.1, 0.15) is 34.3 Å². The summed E-state index contributed by atoms with van der Waals surface area (Å²) in [5.41, 5.74) is 1.74. The SMILES string of the molecule is O=C(c1ccc(Br)s1)N1CCC(c2nc3ccccc3o2)CC1. The number of amides is 1. The number of thiophene rings is 1. The first-order chi connectivity index (χ1) is 11.2. The Labute approximate surface area is 146 Å². The highest BCUT2D eigenvalue weighted by Crippen LogP contribution is 2.31. The van der Waals surface area contributed by atoms with Crippen LogP contribution < -0.4 is 0 Å². The Morgan fingerprint density at radius 2 is 2.00 bits per heavy atom. The molecule has 0 N–H and O–H groups in total. The first-order valence-electron chi connectivity index (χ1n) is 7.61. The van der Waals surface area contributed by atoms with Gasteiger partial charge in [0.25, 0.3) is 5.91 Å². The molecular weight excluding hydrogens is 376 g/mol. The van der Waals surface area contributed by atoms with Crippen molar-refractivity contribution in [1.29, 1.82) is 0 Å². The fourth-order valence-electron chi connectivity index (χ4n) is 2.98. The molecule has 0 bridgehead atoms. The molecule has 0 spiro atoms. The monoisotopic (exact) mass is 390 g/mol. The lowest BCUT2D eigenvalue weighted by molar-refractivity contribution is 0.0711. The topological polar surface area (TPSA) is 46.3 Å². The van der Waals surface area contributed by atoms with Gasteiger partial charge in [-0.05, 0) is 53.0 Å². The zero-order chi connectivity index (χ0) is 15.8. The smallest absolute Gasteiger partial charge is 0.263 e. The van der Waals surface area contributed by atoms with Gasteiger partial charge in [-0.1, -0.05) is 12.1 Å². The van der Waals surface area contributed by atoms with E-state index in [-0.39, 0.29) is 5.91 Å². The summed E-state index contributed by atoms with van der Waals surface area (Å²) in [7, 11) is 0. The molecule has 3 heterocycles. The van der Waals surface area contributed by atoms with E-state index >= 15 is 0 Å². The zero-order valence-corrected chi connectivity index (χ0v) is 14.8. The number of oxazole rings is 1. The molecule has 0 radical (unpaired) electrons. The highest BCUT2D eigenvalue weighted by molar-refractivity contribution is 9.11. The molecule has 23 heavy (non-hydrogen) atoms. The van der Waals surface area contributed by atoms with E-state index in [4.69, 9.17) is 4.42 Å². The molecule has 1 saturated heterocycles. The van der Waals surface area contributed by atoms with E-state index in [0.717, 1.165) is 51.6 Å². The number of piperidine rings is 1. The van der Waals surface area contributed by atoms with Crippen molar-refractivity contribution in [3.8, 4) is 0 Å². The van der Waals surface area contributed by atoms with Crippen LogP contribution >= 0.6 is 27.3 Å². The molecule has 1 aromatic carbocycles. The summed E-state index contributed by atoms with van der Waals surface area (Å²) >= 11 is 4.89. The normalized spacial score (nSPS) is 16.1. The molecular formula is C17H15BrN2O2S. The highest BCUT2D eigenvalue weighted by atomic mass is 79.9. The molecule has 2 aromatic heterocycles. The van der Waals surface area contributed by atoms with Crippen molar-refractivity contribution in [2.45, 2.75) is 18.8 Å². The van der Waals surface area contributed by atoms with Crippen molar-refractivity contribution in [1.82, 2.24) is 9.88 Å². The number of carbonyl (C=O) groups is 1. The molecule has 4 rings (SSSR count). The standard InChI is InChI=1S/C17H15BrN2O2S/c18-15-6-5-14(23-15)17(21)20-9-7-11(8-10-20)16-19-12-3-1-2-4-13(12)22-16/h1-6,11H,7-10H2. The molecule has 3 aromatic rings. The van der Waals surface area contributed by atoms with Crippen LogP contribution in [-0.2, 0) is 0 Å². The third-order valence-electron chi connectivity index (χ3n) is 4.23. The number of benzene rings is 1. The summed E-state index contributed by atoms with van der Waals surface area (Å²) in [4.78, 5) is 19.8. The van der Waals surface area contributed by atoms with E-state index in [9.17, 15) is 4.79 Å². The van der Waals surface area contributed by atoms with Gasteiger partial charge >= 0.3 is 0 Å². The average Bonchev–Trinajstić information content (AvgIpc) is 3.20. The minimum absolute atomic E-state index is 0.122. The molecule has 4 nitrogen and oxygen atoms in total. The fraction of sp³-hybridized carbons (Fsp3) is 0.294. The summed E-state index contributed by atoms with van der Waals surface area (Å²) in [6, 6.07) is 11.6. The molecule has 1 aliphatic heterocycles. The molecule has 0 atom stereocenters. The Balaban J connectivity index is 1.45. The molecule has 1 fully saturated rings. The molecule has 1 aliphatic rings. The van der Waals surface area contributed by atoms with Gasteiger partial charge in [-0.2, -0.15) is 0 Å². The van der Waals surface area contributed by atoms with Gasteiger partial charge in [0.1, 0.15) is 5.52 Å². The van der Waals surface area contributed by atoms with Crippen molar-refractivity contribution >= 4 is 44.3 Å². The second kappa shape index (κ2) is 6.09. The van der Waals surface area contributed by atoms with Gasteiger partial charge in [0, 0.05) is 19.0 Å². The zero-order valence-electron chi connectivity index (χ0n) is 12.4. The van der Waals surface area contributed by atoms with Gasteiger partial charge in [-0.15, -0.1) is 11.3 Å². The third kappa shape index (κ3) is 2.93. The number of likely N-dealkylation sites (tertiary alicyclic amines) is 1. The molecule has 6 heteroatoms. The van der Waals surface area contributed by atoms with E-state index in [1.165, 1.54) is 11.3 Å². The molecule has 0 saturated carbocycles. The van der Waals surface area contributed by atoms with Crippen molar-refractivity contribution in [2.24, 2.45) is 0 Å². The minimum atomic E-state index is 0.122. The van der Waals surface area contributed by atoms with Crippen molar-refractivity contribution in [3.05, 3.63) is 51.0 Å². The molecule has 0 unspecified atom stereocenters. The number of para-hydroxylation sites is 2. The van der Waals surface area contributed by atoms with Crippen molar-refractivity contribution < 1.29 is 9.21 Å². The second-order valence-corrected chi connectivity index (χ2v) is 8.15. The Morgan fingerprint density at radius 1 is 1.22 bits per heavy atom. The maximum absolute atomic E-state index is 12.5. The van der Waals surface area contributed by atoms with Crippen LogP contribution in [0.15, 0.2) is 44.6 Å². The summed E-state index contributed by atoms with van der Waals surface area (Å²) in [5, 5.41) is 0. The van der Waals surface area contributed by atoms with Gasteiger partial charge in [0.15, 0.2) is 11.5 Å². The second-order valence-electron chi connectivity index (χ2n) is 5.69. The van der Waals surface area contributed by atoms with E-state index in [1.54, 1.807) is 0 Å². The number of halogens is 1. The van der Waals surface area contributed by atoms with Crippen LogP contribution in [0.4, 0.5) is 0 Å². The van der Waals surface area contributed by atoms with Crippen molar-refractivity contribution in [2.75, 3.05) is 13.1 Å². The fourth-order valence-corrected chi connectivity index (χ4v) is 4.33. The van der Waals surface area contributed by atoms with E-state index < -0.39 is 0 Å². The number of nitrogens with zero attached hydrogens (tertiary/aromatic N) is 2. The van der Waals surface area contributed by atoms with Gasteiger partial charge in [0.2, 0.25) is 0 Å². The number of carbonyl (C=O) groups excluding carboxylic acids is 1. The summed E-state index contributed by atoms with van der Waals surface area (Å²) in [6.45, 7) is 1.50. The molecule has 0 aliphatic carbocycles. The minimum Gasteiger partial charge on any atom is -0.440 e. The number of rotatable bonds is 2. The first-order valence-corrected chi connectivity index (χ1v) is 9.22. The van der Waals surface area contributed by atoms with Crippen LogP contribution in [0.25, 0.3) is 11.1 Å². The number of hydrogen-bond donors (Lipinski definition) is 0. The Bertz CT molecular complexity index is 816. The van der Waals surface area contributed by atoms with Crippen LogP contribution in [0.2, 0.25) is 0 Å². The van der Waals surface area contributed by atoms with E-state index in [0.29, 0.717) is 5.92 Å². The van der Waals surface area contributed by atoms with E-state index in [2.05, 4.69) is 20.9 Å². The quantitative estimate of drug-likeness (QED) is 0.638. The third-order valence-corrected chi connectivity index (χ3v) is 5.84. The lowest BCUT2D eigenvalue weighted by Crippen LogP contribution is -2.37. The van der Waals surface area contributed by atoms with Crippen LogP contribution in [0.5, 0.6) is 0 Å². The molecule has 1 amide bonds. The maximum Gasteiger partial charge on any atom is 0.263 e. The Morgan fingerprint density at radius 3 is 2.70 bits per heavy atom. The predicted molar refractivity (Wildman–Crippen MR) is 93.9 cm³/mol. The van der Waals surface area contributed by atoms with Gasteiger partial charge in [-0.3, -0.25) is 4.79 Å². The Hall–Kier alpha value is -1.66.